The monoisotopic (exact) mass is 251 g/mol. The summed E-state index contributed by atoms with van der Waals surface area (Å²) in [5.41, 5.74) is 0.138. The lowest BCUT2D eigenvalue weighted by atomic mass is 10.4. The molecule has 2 heterocycles. The SMILES string of the molecule is COC(=O)c1cncc(Nc2nc(C)ns2)n1. The second kappa shape index (κ2) is 4.83. The fourth-order valence-corrected chi connectivity index (χ4v) is 1.67. The number of ether oxygens (including phenoxy) is 1. The van der Waals surface area contributed by atoms with Crippen molar-refractivity contribution in [2.24, 2.45) is 0 Å². The Hall–Kier alpha value is -2.09. The van der Waals surface area contributed by atoms with Crippen molar-refractivity contribution in [1.82, 2.24) is 19.3 Å². The van der Waals surface area contributed by atoms with Gasteiger partial charge in [-0.25, -0.2) is 14.8 Å². The molecule has 0 bridgehead atoms. The number of nitrogens with zero attached hydrogens (tertiary/aromatic N) is 4. The van der Waals surface area contributed by atoms with Crippen molar-refractivity contribution in [3.05, 3.63) is 23.9 Å². The number of esters is 1. The molecule has 0 unspecified atom stereocenters. The zero-order valence-corrected chi connectivity index (χ0v) is 9.98. The second-order valence-electron chi connectivity index (χ2n) is 3.05. The van der Waals surface area contributed by atoms with E-state index in [4.69, 9.17) is 0 Å². The van der Waals surface area contributed by atoms with Gasteiger partial charge in [-0.3, -0.25) is 4.98 Å². The zero-order valence-electron chi connectivity index (χ0n) is 9.17. The summed E-state index contributed by atoms with van der Waals surface area (Å²) in [6.45, 7) is 1.79. The molecule has 0 aliphatic carbocycles. The summed E-state index contributed by atoms with van der Waals surface area (Å²) >= 11 is 1.21. The van der Waals surface area contributed by atoms with Crippen LogP contribution in [0, 0.1) is 6.92 Å². The summed E-state index contributed by atoms with van der Waals surface area (Å²) in [6.07, 6.45) is 2.82. The van der Waals surface area contributed by atoms with Crippen LogP contribution in [0.1, 0.15) is 16.3 Å². The van der Waals surface area contributed by atoms with Gasteiger partial charge in [0.25, 0.3) is 0 Å². The van der Waals surface area contributed by atoms with Gasteiger partial charge in [0.2, 0.25) is 5.13 Å². The molecule has 2 aromatic rings. The van der Waals surface area contributed by atoms with Crippen LogP contribution in [0.15, 0.2) is 12.4 Å². The normalized spacial score (nSPS) is 10.0. The number of hydrogen-bond acceptors (Lipinski definition) is 8. The Balaban J connectivity index is 2.19. The van der Waals surface area contributed by atoms with Gasteiger partial charge < -0.3 is 10.1 Å². The average Bonchev–Trinajstić information content (AvgIpc) is 2.74. The Bertz CT molecular complexity index is 542. The van der Waals surface area contributed by atoms with Gasteiger partial charge in [-0.15, -0.1) is 0 Å². The molecule has 0 radical (unpaired) electrons. The molecular formula is C9H9N5O2S. The molecule has 0 aromatic carbocycles. The molecule has 0 amide bonds. The van der Waals surface area contributed by atoms with Crippen molar-refractivity contribution >= 4 is 28.5 Å². The van der Waals surface area contributed by atoms with E-state index in [1.54, 1.807) is 6.92 Å². The summed E-state index contributed by atoms with van der Waals surface area (Å²) in [6, 6.07) is 0. The summed E-state index contributed by atoms with van der Waals surface area (Å²) in [5.74, 6) is 0.563. The fraction of sp³-hybridized carbons (Fsp3) is 0.222. The van der Waals surface area contributed by atoms with Crippen LogP contribution in [0.5, 0.6) is 0 Å². The maximum Gasteiger partial charge on any atom is 0.358 e. The van der Waals surface area contributed by atoms with E-state index in [9.17, 15) is 4.79 Å². The highest BCUT2D eigenvalue weighted by Crippen LogP contribution is 2.15. The molecule has 0 aliphatic heterocycles. The third kappa shape index (κ3) is 2.72. The molecule has 17 heavy (non-hydrogen) atoms. The molecule has 2 rings (SSSR count). The number of nitrogens with one attached hydrogen (secondary N) is 1. The van der Waals surface area contributed by atoms with Gasteiger partial charge in [0.1, 0.15) is 5.82 Å². The molecule has 8 heteroatoms. The van der Waals surface area contributed by atoms with Crippen molar-refractivity contribution in [1.29, 1.82) is 0 Å². The fourth-order valence-electron chi connectivity index (χ4n) is 1.09. The minimum Gasteiger partial charge on any atom is -0.464 e. The van der Waals surface area contributed by atoms with Gasteiger partial charge in [0, 0.05) is 11.5 Å². The van der Waals surface area contributed by atoms with Gasteiger partial charge in [-0.1, -0.05) is 0 Å². The smallest absolute Gasteiger partial charge is 0.358 e. The van der Waals surface area contributed by atoms with Gasteiger partial charge in [0.05, 0.1) is 19.5 Å². The maximum atomic E-state index is 11.2. The van der Waals surface area contributed by atoms with Gasteiger partial charge >= 0.3 is 5.97 Å². The molecule has 7 nitrogen and oxygen atoms in total. The summed E-state index contributed by atoms with van der Waals surface area (Å²) in [5, 5.41) is 3.50. The second-order valence-corrected chi connectivity index (χ2v) is 3.80. The molecule has 0 fully saturated rings. The maximum absolute atomic E-state index is 11.2. The molecule has 0 saturated heterocycles. The van der Waals surface area contributed by atoms with Crippen LogP contribution in [-0.2, 0) is 4.74 Å². The first-order valence-corrected chi connectivity index (χ1v) is 5.44. The molecular weight excluding hydrogens is 242 g/mol. The first kappa shape index (κ1) is 11.4. The van der Waals surface area contributed by atoms with Crippen molar-refractivity contribution in [3.63, 3.8) is 0 Å². The van der Waals surface area contributed by atoms with Crippen LogP contribution in [0.25, 0.3) is 0 Å². The third-order valence-corrected chi connectivity index (χ3v) is 2.51. The van der Waals surface area contributed by atoms with Gasteiger partial charge in [0.15, 0.2) is 11.5 Å². The van der Waals surface area contributed by atoms with Crippen molar-refractivity contribution in [2.45, 2.75) is 6.92 Å². The first-order valence-electron chi connectivity index (χ1n) is 4.66. The lowest BCUT2D eigenvalue weighted by Gasteiger charge is -2.02. The van der Waals surface area contributed by atoms with Crippen molar-refractivity contribution < 1.29 is 9.53 Å². The number of rotatable bonds is 3. The largest absolute Gasteiger partial charge is 0.464 e. The van der Waals surface area contributed by atoms with Crippen LogP contribution in [-0.4, -0.2) is 32.4 Å². The van der Waals surface area contributed by atoms with E-state index in [1.165, 1.54) is 31.0 Å². The quantitative estimate of drug-likeness (QED) is 0.819. The average molecular weight is 251 g/mol. The predicted molar refractivity (Wildman–Crippen MR) is 61.3 cm³/mol. The Morgan fingerprint density at radius 1 is 1.41 bits per heavy atom. The standard InChI is InChI=1S/C9H9N5O2S/c1-5-11-9(17-14-5)13-7-4-10-3-6(12-7)8(15)16-2/h3-4H,1-2H3,(H,11,12,13,14). The lowest BCUT2D eigenvalue weighted by Crippen LogP contribution is -2.06. The molecule has 0 spiro atoms. The Labute approximate surface area is 101 Å². The summed E-state index contributed by atoms with van der Waals surface area (Å²) < 4.78 is 8.57. The number of carbonyl (C=O) groups is 1. The summed E-state index contributed by atoms with van der Waals surface area (Å²) in [4.78, 5) is 23.3. The third-order valence-electron chi connectivity index (χ3n) is 1.79. The highest BCUT2D eigenvalue weighted by molar-refractivity contribution is 7.09. The Kier molecular flexibility index (Phi) is 3.24. The molecule has 88 valence electrons. The van der Waals surface area contributed by atoms with Crippen LogP contribution >= 0.6 is 11.5 Å². The number of aromatic nitrogens is 4. The molecule has 0 saturated carbocycles. The highest BCUT2D eigenvalue weighted by atomic mass is 32.1. The number of aryl methyl sites for hydroxylation is 1. The van der Waals surface area contributed by atoms with E-state index >= 15 is 0 Å². The predicted octanol–water partition coefficient (Wildman–Crippen LogP) is 1.17. The van der Waals surface area contributed by atoms with Crippen LogP contribution in [0.2, 0.25) is 0 Å². The number of carbonyl (C=O) groups excluding carboxylic acids is 1. The highest BCUT2D eigenvalue weighted by Gasteiger charge is 2.09. The molecule has 0 atom stereocenters. The van der Waals surface area contributed by atoms with E-state index in [0.717, 1.165) is 0 Å². The topological polar surface area (TPSA) is 89.9 Å². The Morgan fingerprint density at radius 2 is 2.24 bits per heavy atom. The van der Waals surface area contributed by atoms with Gasteiger partial charge in [-0.05, 0) is 6.92 Å². The zero-order chi connectivity index (χ0) is 12.3. The van der Waals surface area contributed by atoms with Crippen molar-refractivity contribution in [3.8, 4) is 0 Å². The number of methoxy groups -OCH3 is 1. The lowest BCUT2D eigenvalue weighted by molar-refractivity contribution is 0.0593. The van der Waals surface area contributed by atoms with E-state index in [2.05, 4.69) is 29.4 Å². The van der Waals surface area contributed by atoms with Crippen molar-refractivity contribution in [2.75, 3.05) is 12.4 Å². The van der Waals surface area contributed by atoms with Crippen LogP contribution in [0.4, 0.5) is 10.9 Å². The number of anilines is 2. The number of hydrogen-bond donors (Lipinski definition) is 1. The minimum atomic E-state index is -0.533. The van der Waals surface area contributed by atoms with Crippen LogP contribution < -0.4 is 5.32 Å². The Morgan fingerprint density at radius 3 is 2.88 bits per heavy atom. The van der Waals surface area contributed by atoms with Gasteiger partial charge in [-0.2, -0.15) is 4.37 Å². The van der Waals surface area contributed by atoms with E-state index in [1.807, 2.05) is 0 Å². The van der Waals surface area contributed by atoms with E-state index in [-0.39, 0.29) is 5.69 Å². The van der Waals surface area contributed by atoms with E-state index in [0.29, 0.717) is 16.8 Å². The molecule has 1 N–H and O–H groups in total. The van der Waals surface area contributed by atoms with E-state index < -0.39 is 5.97 Å². The van der Waals surface area contributed by atoms with Crippen LogP contribution in [0.3, 0.4) is 0 Å². The minimum absolute atomic E-state index is 0.138. The summed E-state index contributed by atoms with van der Waals surface area (Å²) in [7, 11) is 1.29. The first-order chi connectivity index (χ1) is 8.19. The molecule has 2 aromatic heterocycles. The molecule has 0 aliphatic rings.